The third kappa shape index (κ3) is 3.04. The molecule has 15 heavy (non-hydrogen) atoms. The molecular weight excluding hydrogens is 212 g/mol. The highest BCUT2D eigenvalue weighted by atomic mass is 35.5. The van der Waals surface area contributed by atoms with Crippen molar-refractivity contribution in [1.29, 1.82) is 0 Å². The van der Waals surface area contributed by atoms with Crippen LogP contribution in [0, 0.1) is 6.92 Å². The van der Waals surface area contributed by atoms with Crippen LogP contribution in [-0.4, -0.2) is 29.1 Å². The Morgan fingerprint density at radius 3 is 3.13 bits per heavy atom. The van der Waals surface area contributed by atoms with Gasteiger partial charge >= 0.3 is 0 Å². The number of halogens is 1. The van der Waals surface area contributed by atoms with Crippen LogP contribution in [-0.2, 0) is 0 Å². The number of aryl methyl sites for hydroxylation is 1. The molecule has 1 aliphatic heterocycles. The Morgan fingerprint density at radius 1 is 1.60 bits per heavy atom. The van der Waals surface area contributed by atoms with Crippen molar-refractivity contribution in [1.82, 2.24) is 15.3 Å². The van der Waals surface area contributed by atoms with Crippen molar-refractivity contribution in [3.63, 3.8) is 0 Å². The molecule has 0 aliphatic carbocycles. The summed E-state index contributed by atoms with van der Waals surface area (Å²) in [5.74, 6) is 0.807. The van der Waals surface area contributed by atoms with Gasteiger partial charge in [0.2, 0.25) is 5.28 Å². The summed E-state index contributed by atoms with van der Waals surface area (Å²) >= 11 is 5.77. The second-order valence-corrected chi connectivity index (χ2v) is 4.18. The average Bonchev–Trinajstić information content (AvgIpc) is 2.65. The summed E-state index contributed by atoms with van der Waals surface area (Å²) in [6.07, 6.45) is 2.49. The van der Waals surface area contributed by atoms with E-state index >= 15 is 0 Å². The minimum atomic E-state index is 0.303. The van der Waals surface area contributed by atoms with Crippen molar-refractivity contribution in [2.75, 3.05) is 18.4 Å². The van der Waals surface area contributed by atoms with Crippen molar-refractivity contribution < 1.29 is 0 Å². The molecule has 0 bridgehead atoms. The third-order valence-electron chi connectivity index (χ3n) is 2.52. The van der Waals surface area contributed by atoms with E-state index in [-0.39, 0.29) is 0 Å². The molecular formula is C10H15ClN4. The van der Waals surface area contributed by atoms with Crippen LogP contribution in [0.1, 0.15) is 18.5 Å². The molecule has 2 heterocycles. The van der Waals surface area contributed by atoms with E-state index in [9.17, 15) is 0 Å². The lowest BCUT2D eigenvalue weighted by Crippen LogP contribution is -2.29. The van der Waals surface area contributed by atoms with Crippen molar-refractivity contribution in [3.05, 3.63) is 17.0 Å². The molecule has 1 aromatic heterocycles. The minimum absolute atomic E-state index is 0.303. The summed E-state index contributed by atoms with van der Waals surface area (Å²) in [7, 11) is 0. The normalized spacial score (nSPS) is 20.5. The number of rotatable bonds is 3. The van der Waals surface area contributed by atoms with Gasteiger partial charge < -0.3 is 10.6 Å². The third-order valence-corrected chi connectivity index (χ3v) is 2.69. The molecule has 82 valence electrons. The predicted octanol–water partition coefficient (Wildman–Crippen LogP) is 1.60. The van der Waals surface area contributed by atoms with Gasteiger partial charge in [-0.1, -0.05) is 0 Å². The molecule has 0 aromatic carbocycles. The maximum absolute atomic E-state index is 5.77. The highest BCUT2D eigenvalue weighted by Crippen LogP contribution is 2.11. The Kier molecular flexibility index (Phi) is 3.38. The first kappa shape index (κ1) is 10.6. The SMILES string of the molecule is Cc1cc(NCC2CCCN2)nc(Cl)n1. The molecule has 1 fully saturated rings. The molecule has 2 rings (SSSR count). The van der Waals surface area contributed by atoms with E-state index in [0.29, 0.717) is 11.3 Å². The maximum atomic E-state index is 5.77. The summed E-state index contributed by atoms with van der Waals surface area (Å²) in [4.78, 5) is 8.12. The number of hydrogen-bond donors (Lipinski definition) is 2. The topological polar surface area (TPSA) is 49.8 Å². The molecule has 4 nitrogen and oxygen atoms in total. The summed E-state index contributed by atoms with van der Waals surface area (Å²) in [6.45, 7) is 3.93. The Balaban J connectivity index is 1.92. The molecule has 1 saturated heterocycles. The Morgan fingerprint density at radius 2 is 2.47 bits per heavy atom. The second kappa shape index (κ2) is 4.77. The Labute approximate surface area is 94.5 Å². The molecule has 1 unspecified atom stereocenters. The van der Waals surface area contributed by atoms with Crippen LogP contribution in [0.25, 0.3) is 0 Å². The number of nitrogens with one attached hydrogen (secondary N) is 2. The van der Waals surface area contributed by atoms with Gasteiger partial charge in [0.25, 0.3) is 0 Å². The quantitative estimate of drug-likeness (QED) is 0.769. The highest BCUT2D eigenvalue weighted by Gasteiger charge is 2.13. The largest absolute Gasteiger partial charge is 0.368 e. The lowest BCUT2D eigenvalue weighted by atomic mass is 10.2. The van der Waals surface area contributed by atoms with Gasteiger partial charge in [0.15, 0.2) is 0 Å². The van der Waals surface area contributed by atoms with Crippen molar-refractivity contribution in [2.45, 2.75) is 25.8 Å². The zero-order valence-electron chi connectivity index (χ0n) is 8.76. The number of anilines is 1. The molecule has 1 atom stereocenters. The Bertz CT molecular complexity index is 316. The summed E-state index contributed by atoms with van der Waals surface area (Å²) in [5.41, 5.74) is 0.886. The number of nitrogens with zero attached hydrogens (tertiary/aromatic N) is 2. The van der Waals surface area contributed by atoms with Gasteiger partial charge in [0, 0.05) is 24.3 Å². The van der Waals surface area contributed by atoms with Crippen LogP contribution in [0.4, 0.5) is 5.82 Å². The summed E-state index contributed by atoms with van der Waals surface area (Å²) in [5, 5.41) is 6.99. The molecule has 0 amide bonds. The van der Waals surface area contributed by atoms with Gasteiger partial charge in [-0.05, 0) is 37.9 Å². The zero-order chi connectivity index (χ0) is 10.7. The van der Waals surface area contributed by atoms with Crippen molar-refractivity contribution in [3.8, 4) is 0 Å². The predicted molar refractivity (Wildman–Crippen MR) is 61.3 cm³/mol. The summed E-state index contributed by atoms with van der Waals surface area (Å²) in [6, 6.07) is 2.46. The van der Waals surface area contributed by atoms with Gasteiger partial charge in [-0.25, -0.2) is 9.97 Å². The molecule has 0 radical (unpaired) electrons. The second-order valence-electron chi connectivity index (χ2n) is 3.84. The molecule has 1 aliphatic rings. The van der Waals surface area contributed by atoms with Gasteiger partial charge in [-0.2, -0.15) is 0 Å². The highest BCUT2D eigenvalue weighted by molar-refractivity contribution is 6.28. The van der Waals surface area contributed by atoms with Gasteiger partial charge in [0.05, 0.1) is 0 Å². The number of hydrogen-bond acceptors (Lipinski definition) is 4. The van der Waals surface area contributed by atoms with Gasteiger partial charge in [-0.15, -0.1) is 0 Å². The maximum Gasteiger partial charge on any atom is 0.224 e. The van der Waals surface area contributed by atoms with Crippen LogP contribution in [0.5, 0.6) is 0 Å². The fourth-order valence-corrected chi connectivity index (χ4v) is 2.01. The van der Waals surface area contributed by atoms with Crippen LogP contribution in [0.3, 0.4) is 0 Å². The first-order valence-electron chi connectivity index (χ1n) is 5.22. The molecule has 0 saturated carbocycles. The molecule has 5 heteroatoms. The van der Waals surface area contributed by atoms with Crippen LogP contribution in [0.2, 0.25) is 5.28 Å². The first-order valence-corrected chi connectivity index (χ1v) is 5.60. The standard InChI is InChI=1S/C10H15ClN4/c1-7-5-9(15-10(11)14-7)13-6-8-3-2-4-12-8/h5,8,12H,2-4,6H2,1H3,(H,13,14,15). The van der Waals surface area contributed by atoms with Crippen LogP contribution >= 0.6 is 11.6 Å². The lowest BCUT2D eigenvalue weighted by Gasteiger charge is -2.12. The van der Waals surface area contributed by atoms with Crippen LogP contribution < -0.4 is 10.6 Å². The molecule has 1 aromatic rings. The lowest BCUT2D eigenvalue weighted by molar-refractivity contribution is 0.632. The van der Waals surface area contributed by atoms with Crippen LogP contribution in [0.15, 0.2) is 6.07 Å². The van der Waals surface area contributed by atoms with Gasteiger partial charge in [0.1, 0.15) is 5.82 Å². The average molecular weight is 227 g/mol. The Hall–Kier alpha value is -0.870. The number of aromatic nitrogens is 2. The van der Waals surface area contributed by atoms with Gasteiger partial charge in [-0.3, -0.25) is 0 Å². The first-order chi connectivity index (χ1) is 7.24. The molecule has 0 spiro atoms. The van der Waals surface area contributed by atoms with Crippen molar-refractivity contribution in [2.24, 2.45) is 0 Å². The van der Waals surface area contributed by atoms with Crippen molar-refractivity contribution >= 4 is 17.4 Å². The molecule has 2 N–H and O–H groups in total. The smallest absolute Gasteiger partial charge is 0.224 e. The summed E-state index contributed by atoms with van der Waals surface area (Å²) < 4.78 is 0. The monoisotopic (exact) mass is 226 g/mol. The van der Waals surface area contributed by atoms with E-state index in [4.69, 9.17) is 11.6 Å². The van der Waals surface area contributed by atoms with E-state index in [1.165, 1.54) is 12.8 Å². The van der Waals surface area contributed by atoms with E-state index < -0.39 is 0 Å². The van der Waals surface area contributed by atoms with E-state index in [1.807, 2.05) is 13.0 Å². The zero-order valence-corrected chi connectivity index (χ0v) is 9.51. The fraction of sp³-hybridized carbons (Fsp3) is 0.600. The van der Waals surface area contributed by atoms with E-state index in [0.717, 1.165) is 24.6 Å². The minimum Gasteiger partial charge on any atom is -0.368 e. The van der Waals surface area contributed by atoms with E-state index in [1.54, 1.807) is 0 Å². The fourth-order valence-electron chi connectivity index (χ4n) is 1.78. The van der Waals surface area contributed by atoms with E-state index in [2.05, 4.69) is 20.6 Å².